The second-order valence-corrected chi connectivity index (χ2v) is 6.15. The van der Waals surface area contributed by atoms with Crippen molar-refractivity contribution in [1.82, 2.24) is 5.32 Å². The molecule has 0 radical (unpaired) electrons. The Hall–Kier alpha value is -1.62. The average molecular weight is 295 g/mol. The minimum atomic E-state index is -0.528. The third kappa shape index (κ3) is 2.50. The van der Waals surface area contributed by atoms with E-state index in [1.165, 1.54) is 43.9 Å². The molecule has 1 aromatic carbocycles. The van der Waals surface area contributed by atoms with Gasteiger partial charge in [-0.3, -0.25) is 14.9 Å². The van der Waals surface area contributed by atoms with Crippen molar-refractivity contribution in [2.75, 3.05) is 6.54 Å². The van der Waals surface area contributed by atoms with E-state index in [0.717, 1.165) is 5.92 Å². The molecule has 1 aromatic rings. The number of carbonyl (C=O) groups excluding carboxylic acids is 1. The van der Waals surface area contributed by atoms with E-state index >= 15 is 0 Å². The van der Waals surface area contributed by atoms with Gasteiger partial charge in [0.25, 0.3) is 11.6 Å². The lowest BCUT2D eigenvalue weighted by molar-refractivity contribution is -0.384. The summed E-state index contributed by atoms with van der Waals surface area (Å²) in [5.74, 6) is 0.425. The van der Waals surface area contributed by atoms with Crippen molar-refractivity contribution in [3.05, 3.63) is 38.9 Å². The van der Waals surface area contributed by atoms with Gasteiger partial charge >= 0.3 is 0 Å². The summed E-state index contributed by atoms with van der Waals surface area (Å²) in [4.78, 5) is 22.4. The maximum atomic E-state index is 12.1. The molecule has 1 N–H and O–H groups in total. The van der Waals surface area contributed by atoms with Gasteiger partial charge in [-0.1, -0.05) is 11.6 Å². The summed E-state index contributed by atoms with van der Waals surface area (Å²) < 4.78 is 0. The zero-order valence-electron chi connectivity index (χ0n) is 10.9. The Balaban J connectivity index is 1.70. The Kier molecular flexibility index (Phi) is 3.17. The van der Waals surface area contributed by atoms with Gasteiger partial charge in [-0.25, -0.2) is 0 Å². The molecule has 2 aliphatic rings. The molecular formula is C14H15ClN2O3. The highest BCUT2D eigenvalue weighted by Crippen LogP contribution is 2.60. The first-order valence-corrected chi connectivity index (χ1v) is 7.12. The molecule has 0 spiro atoms. The van der Waals surface area contributed by atoms with Crippen LogP contribution in [-0.4, -0.2) is 17.4 Å². The van der Waals surface area contributed by atoms with Crippen LogP contribution >= 0.6 is 11.6 Å². The number of carbonyl (C=O) groups is 1. The fourth-order valence-corrected chi connectivity index (χ4v) is 2.94. The Labute approximate surface area is 121 Å². The minimum absolute atomic E-state index is 0.122. The third-order valence-corrected chi connectivity index (χ3v) is 4.67. The monoisotopic (exact) mass is 294 g/mol. The number of rotatable bonds is 5. The van der Waals surface area contributed by atoms with Crippen molar-refractivity contribution in [2.24, 2.45) is 11.3 Å². The number of benzene rings is 1. The lowest BCUT2D eigenvalue weighted by Gasteiger charge is -2.15. The Morgan fingerprint density at radius 3 is 2.70 bits per heavy atom. The molecule has 6 heteroatoms. The largest absolute Gasteiger partial charge is 0.351 e. The van der Waals surface area contributed by atoms with Crippen LogP contribution in [0.5, 0.6) is 0 Å². The molecule has 3 rings (SSSR count). The number of nitrogens with one attached hydrogen (secondary N) is 1. The van der Waals surface area contributed by atoms with Crippen molar-refractivity contribution in [3.8, 4) is 0 Å². The molecule has 0 bridgehead atoms. The number of nitro groups is 1. The van der Waals surface area contributed by atoms with Gasteiger partial charge in [0.05, 0.1) is 15.5 Å². The highest BCUT2D eigenvalue weighted by molar-refractivity contribution is 6.33. The summed E-state index contributed by atoms with van der Waals surface area (Å²) in [6.45, 7) is 0.648. The first-order valence-electron chi connectivity index (χ1n) is 6.74. The quantitative estimate of drug-likeness (QED) is 0.669. The van der Waals surface area contributed by atoms with Crippen LogP contribution in [0.25, 0.3) is 0 Å². The number of nitro benzene ring substituents is 1. The van der Waals surface area contributed by atoms with E-state index in [1.807, 2.05) is 0 Å². The standard InChI is InChI=1S/C14H15ClN2O3/c15-12-4-3-10(17(19)20)7-11(12)13(18)16-8-14(5-6-14)9-1-2-9/h3-4,7,9H,1-2,5-6,8H2,(H,16,18). The number of amides is 1. The first kappa shape index (κ1) is 13.4. The summed E-state index contributed by atoms with van der Waals surface area (Å²) in [5.41, 5.74) is 0.346. The predicted octanol–water partition coefficient (Wildman–Crippen LogP) is 3.17. The Morgan fingerprint density at radius 2 is 2.15 bits per heavy atom. The smallest absolute Gasteiger partial charge is 0.270 e. The second kappa shape index (κ2) is 4.74. The normalized spacial score (nSPS) is 19.4. The van der Waals surface area contributed by atoms with Crippen molar-refractivity contribution >= 4 is 23.2 Å². The van der Waals surface area contributed by atoms with Crippen LogP contribution in [0.1, 0.15) is 36.0 Å². The average Bonchev–Trinajstić information content (AvgIpc) is 3.27. The molecule has 2 saturated carbocycles. The Morgan fingerprint density at radius 1 is 1.45 bits per heavy atom. The molecule has 0 aromatic heterocycles. The highest BCUT2D eigenvalue weighted by Gasteiger charge is 2.53. The lowest BCUT2D eigenvalue weighted by Crippen LogP contribution is -2.31. The number of non-ortho nitro benzene ring substituents is 1. The summed E-state index contributed by atoms with van der Waals surface area (Å²) in [5, 5.41) is 13.9. The number of nitrogens with zero attached hydrogens (tertiary/aromatic N) is 1. The Bertz CT molecular complexity index is 580. The molecule has 2 fully saturated rings. The van der Waals surface area contributed by atoms with E-state index in [0.29, 0.717) is 12.0 Å². The molecule has 20 heavy (non-hydrogen) atoms. The third-order valence-electron chi connectivity index (χ3n) is 4.34. The number of halogens is 1. The van der Waals surface area contributed by atoms with Crippen LogP contribution in [0.3, 0.4) is 0 Å². The number of hydrogen-bond acceptors (Lipinski definition) is 3. The van der Waals surface area contributed by atoms with E-state index in [-0.39, 0.29) is 22.2 Å². The molecule has 2 aliphatic carbocycles. The van der Waals surface area contributed by atoms with Gasteiger partial charge in [-0.05, 0) is 43.1 Å². The maximum Gasteiger partial charge on any atom is 0.270 e. The number of hydrogen-bond donors (Lipinski definition) is 1. The molecule has 0 heterocycles. The van der Waals surface area contributed by atoms with Crippen molar-refractivity contribution in [1.29, 1.82) is 0 Å². The van der Waals surface area contributed by atoms with Gasteiger partial charge in [0, 0.05) is 18.7 Å². The van der Waals surface area contributed by atoms with E-state index in [9.17, 15) is 14.9 Å². The van der Waals surface area contributed by atoms with Gasteiger partial charge in [-0.2, -0.15) is 0 Å². The fraction of sp³-hybridized carbons (Fsp3) is 0.500. The predicted molar refractivity (Wildman–Crippen MR) is 74.8 cm³/mol. The fourth-order valence-electron chi connectivity index (χ4n) is 2.74. The van der Waals surface area contributed by atoms with E-state index in [1.54, 1.807) is 0 Å². The maximum absolute atomic E-state index is 12.1. The first-order chi connectivity index (χ1) is 9.52. The molecule has 0 unspecified atom stereocenters. The SMILES string of the molecule is O=C(NCC1(C2CC2)CC1)c1cc([N+](=O)[O-])ccc1Cl. The molecule has 106 valence electrons. The second-order valence-electron chi connectivity index (χ2n) is 5.74. The van der Waals surface area contributed by atoms with Crippen LogP contribution in [-0.2, 0) is 0 Å². The summed E-state index contributed by atoms with van der Waals surface area (Å²) >= 11 is 5.95. The minimum Gasteiger partial charge on any atom is -0.351 e. The lowest BCUT2D eigenvalue weighted by atomic mass is 10.0. The topological polar surface area (TPSA) is 72.2 Å². The summed E-state index contributed by atoms with van der Waals surface area (Å²) in [6, 6.07) is 3.92. The van der Waals surface area contributed by atoms with Gasteiger partial charge in [0.15, 0.2) is 0 Å². The van der Waals surface area contributed by atoms with Gasteiger partial charge in [0.1, 0.15) is 0 Å². The molecular weight excluding hydrogens is 280 g/mol. The van der Waals surface area contributed by atoms with Gasteiger partial charge < -0.3 is 5.32 Å². The van der Waals surface area contributed by atoms with Crippen LogP contribution < -0.4 is 5.32 Å². The van der Waals surface area contributed by atoms with Crippen molar-refractivity contribution in [3.63, 3.8) is 0 Å². The van der Waals surface area contributed by atoms with Crippen molar-refractivity contribution < 1.29 is 9.72 Å². The van der Waals surface area contributed by atoms with E-state index in [2.05, 4.69) is 5.32 Å². The highest BCUT2D eigenvalue weighted by atomic mass is 35.5. The van der Waals surface area contributed by atoms with Gasteiger partial charge in [-0.15, -0.1) is 0 Å². The van der Waals surface area contributed by atoms with Crippen molar-refractivity contribution in [2.45, 2.75) is 25.7 Å². The van der Waals surface area contributed by atoms with Crippen LogP contribution in [0.15, 0.2) is 18.2 Å². The zero-order valence-corrected chi connectivity index (χ0v) is 11.7. The molecule has 5 nitrogen and oxygen atoms in total. The van der Waals surface area contributed by atoms with E-state index < -0.39 is 4.92 Å². The summed E-state index contributed by atoms with van der Waals surface area (Å²) in [6.07, 6.45) is 4.85. The summed E-state index contributed by atoms with van der Waals surface area (Å²) in [7, 11) is 0. The van der Waals surface area contributed by atoms with Gasteiger partial charge in [0.2, 0.25) is 0 Å². The van der Waals surface area contributed by atoms with E-state index in [4.69, 9.17) is 11.6 Å². The zero-order chi connectivity index (χ0) is 14.3. The molecule has 1 amide bonds. The molecule has 0 saturated heterocycles. The molecule has 0 aliphatic heterocycles. The van der Waals surface area contributed by atoms with Crippen LogP contribution in [0.4, 0.5) is 5.69 Å². The molecule has 0 atom stereocenters. The van der Waals surface area contributed by atoms with Crippen LogP contribution in [0.2, 0.25) is 5.02 Å². The van der Waals surface area contributed by atoms with Crippen LogP contribution in [0, 0.1) is 21.4 Å².